The summed E-state index contributed by atoms with van der Waals surface area (Å²) in [4.78, 5) is 25.6. The third-order valence-corrected chi connectivity index (χ3v) is 4.23. The van der Waals surface area contributed by atoms with Crippen molar-refractivity contribution in [2.45, 2.75) is 38.4 Å². The Morgan fingerprint density at radius 1 is 1.32 bits per heavy atom. The van der Waals surface area contributed by atoms with E-state index in [4.69, 9.17) is 21.4 Å². The highest BCUT2D eigenvalue weighted by atomic mass is 35.5. The van der Waals surface area contributed by atoms with Gasteiger partial charge in [-0.1, -0.05) is 29.8 Å². The SMILES string of the molecule is C[C@@H]1CN(C(=O)C(C)(C)c2ccccc2Cl)CC(C(=O)O)O1. The first-order valence-electron chi connectivity index (χ1n) is 7.16. The van der Waals surface area contributed by atoms with Crippen LogP contribution in [0.25, 0.3) is 0 Å². The molecular formula is C16H20ClNO4. The maximum Gasteiger partial charge on any atom is 0.334 e. The molecule has 0 spiro atoms. The third-order valence-electron chi connectivity index (χ3n) is 3.90. The third kappa shape index (κ3) is 3.25. The van der Waals surface area contributed by atoms with Crippen molar-refractivity contribution in [1.82, 2.24) is 4.90 Å². The number of ether oxygens (including phenoxy) is 1. The van der Waals surface area contributed by atoms with E-state index in [9.17, 15) is 9.59 Å². The van der Waals surface area contributed by atoms with E-state index in [2.05, 4.69) is 0 Å². The van der Waals surface area contributed by atoms with Gasteiger partial charge >= 0.3 is 5.97 Å². The molecule has 1 aliphatic rings. The molecular weight excluding hydrogens is 306 g/mol. The lowest BCUT2D eigenvalue weighted by Crippen LogP contribution is -2.55. The molecule has 0 saturated carbocycles. The molecule has 1 aliphatic heterocycles. The van der Waals surface area contributed by atoms with Crippen LogP contribution >= 0.6 is 11.6 Å². The van der Waals surface area contributed by atoms with Gasteiger partial charge in [0.2, 0.25) is 5.91 Å². The number of carbonyl (C=O) groups is 2. The average molecular weight is 326 g/mol. The summed E-state index contributed by atoms with van der Waals surface area (Å²) in [5.41, 5.74) is -0.106. The predicted octanol–water partition coefficient (Wildman–Crippen LogP) is 2.32. The van der Waals surface area contributed by atoms with Crippen LogP contribution in [0.5, 0.6) is 0 Å². The summed E-state index contributed by atoms with van der Waals surface area (Å²) in [5, 5.41) is 9.66. The molecule has 0 aliphatic carbocycles. The van der Waals surface area contributed by atoms with Crippen molar-refractivity contribution in [3.05, 3.63) is 34.9 Å². The van der Waals surface area contributed by atoms with Gasteiger partial charge in [0.15, 0.2) is 6.10 Å². The van der Waals surface area contributed by atoms with Gasteiger partial charge in [-0.25, -0.2) is 4.79 Å². The monoisotopic (exact) mass is 325 g/mol. The Hall–Kier alpha value is -1.59. The second-order valence-corrected chi connectivity index (χ2v) is 6.50. The van der Waals surface area contributed by atoms with Gasteiger partial charge in [-0.15, -0.1) is 0 Å². The minimum atomic E-state index is -1.06. The Balaban J connectivity index is 2.26. The highest BCUT2D eigenvalue weighted by Crippen LogP contribution is 2.32. The second-order valence-electron chi connectivity index (χ2n) is 6.09. The minimum Gasteiger partial charge on any atom is -0.479 e. The fourth-order valence-corrected chi connectivity index (χ4v) is 3.10. The molecule has 6 heteroatoms. The number of nitrogens with zero attached hydrogens (tertiary/aromatic N) is 1. The fourth-order valence-electron chi connectivity index (χ4n) is 2.73. The molecule has 0 bridgehead atoms. The molecule has 0 aromatic heterocycles. The first kappa shape index (κ1) is 16.8. The van der Waals surface area contributed by atoms with Gasteiger partial charge in [-0.05, 0) is 32.4 Å². The number of rotatable bonds is 3. The van der Waals surface area contributed by atoms with Crippen molar-refractivity contribution in [1.29, 1.82) is 0 Å². The van der Waals surface area contributed by atoms with Crippen LogP contribution in [0.4, 0.5) is 0 Å². The second kappa shape index (κ2) is 6.26. The van der Waals surface area contributed by atoms with E-state index in [0.29, 0.717) is 11.6 Å². The smallest absolute Gasteiger partial charge is 0.334 e. The summed E-state index contributed by atoms with van der Waals surface area (Å²) in [6.07, 6.45) is -1.31. The van der Waals surface area contributed by atoms with Gasteiger partial charge in [0, 0.05) is 11.6 Å². The maximum atomic E-state index is 12.9. The largest absolute Gasteiger partial charge is 0.479 e. The van der Waals surface area contributed by atoms with E-state index in [0.717, 1.165) is 5.56 Å². The highest BCUT2D eigenvalue weighted by Gasteiger charge is 2.40. The number of carbonyl (C=O) groups excluding carboxylic acids is 1. The van der Waals surface area contributed by atoms with Crippen molar-refractivity contribution in [3.8, 4) is 0 Å². The number of morpholine rings is 1. The molecule has 1 heterocycles. The van der Waals surface area contributed by atoms with Crippen LogP contribution < -0.4 is 0 Å². The number of hydrogen-bond acceptors (Lipinski definition) is 3. The molecule has 1 saturated heterocycles. The Morgan fingerprint density at radius 3 is 2.55 bits per heavy atom. The zero-order valence-corrected chi connectivity index (χ0v) is 13.6. The van der Waals surface area contributed by atoms with Gasteiger partial charge < -0.3 is 14.7 Å². The number of carboxylic acid groups (broad SMARTS) is 1. The van der Waals surface area contributed by atoms with E-state index >= 15 is 0 Å². The topological polar surface area (TPSA) is 66.8 Å². The number of amides is 1. The van der Waals surface area contributed by atoms with Crippen LogP contribution in [0.3, 0.4) is 0 Å². The number of halogens is 1. The Bertz CT molecular complexity index is 587. The van der Waals surface area contributed by atoms with Crippen molar-refractivity contribution in [3.63, 3.8) is 0 Å². The Labute approximate surface area is 134 Å². The van der Waals surface area contributed by atoms with Crippen molar-refractivity contribution < 1.29 is 19.4 Å². The first-order chi connectivity index (χ1) is 10.2. The molecule has 1 N–H and O–H groups in total. The lowest BCUT2D eigenvalue weighted by atomic mass is 9.82. The highest BCUT2D eigenvalue weighted by molar-refractivity contribution is 6.31. The summed E-state index contributed by atoms with van der Waals surface area (Å²) < 4.78 is 5.35. The quantitative estimate of drug-likeness (QED) is 0.926. The standard InChI is InChI=1S/C16H20ClNO4/c1-10-8-18(9-13(22-10)14(19)20)15(21)16(2,3)11-6-4-5-7-12(11)17/h4-7,10,13H,8-9H2,1-3H3,(H,19,20)/t10-,13?/m1/s1. The van der Waals surface area contributed by atoms with E-state index in [1.807, 2.05) is 18.2 Å². The molecule has 22 heavy (non-hydrogen) atoms. The van der Waals surface area contributed by atoms with Crippen LogP contribution in [-0.2, 0) is 19.7 Å². The Morgan fingerprint density at radius 2 is 1.95 bits per heavy atom. The van der Waals surface area contributed by atoms with Gasteiger partial charge in [0.25, 0.3) is 0 Å². The maximum absolute atomic E-state index is 12.9. The normalized spacial score (nSPS) is 22.5. The minimum absolute atomic E-state index is 0.0480. The molecule has 2 atom stereocenters. The van der Waals surface area contributed by atoms with Crippen molar-refractivity contribution >= 4 is 23.5 Å². The van der Waals surface area contributed by atoms with Crippen LogP contribution in [0, 0.1) is 0 Å². The lowest BCUT2D eigenvalue weighted by Gasteiger charge is -2.39. The molecule has 1 unspecified atom stereocenters. The summed E-state index contributed by atoms with van der Waals surface area (Å²) >= 11 is 6.21. The Kier molecular flexibility index (Phi) is 4.78. The van der Waals surface area contributed by atoms with Gasteiger partial charge in [0.1, 0.15) is 0 Å². The van der Waals surface area contributed by atoms with Gasteiger partial charge in [-0.3, -0.25) is 4.79 Å². The van der Waals surface area contributed by atoms with Crippen LogP contribution in [-0.4, -0.2) is 47.2 Å². The number of hydrogen-bond donors (Lipinski definition) is 1. The van der Waals surface area contributed by atoms with E-state index in [1.54, 1.807) is 31.7 Å². The molecule has 1 aromatic rings. The summed E-state index contributed by atoms with van der Waals surface area (Å²) in [5.74, 6) is -1.21. The molecule has 2 rings (SSSR count). The van der Waals surface area contributed by atoms with Gasteiger partial charge in [0.05, 0.1) is 18.1 Å². The van der Waals surface area contributed by atoms with E-state index < -0.39 is 17.5 Å². The number of aliphatic carboxylic acids is 1. The molecule has 1 amide bonds. The van der Waals surface area contributed by atoms with E-state index in [-0.39, 0.29) is 18.6 Å². The molecule has 5 nitrogen and oxygen atoms in total. The van der Waals surface area contributed by atoms with Crippen molar-refractivity contribution in [2.75, 3.05) is 13.1 Å². The first-order valence-corrected chi connectivity index (χ1v) is 7.54. The molecule has 1 fully saturated rings. The molecule has 0 radical (unpaired) electrons. The zero-order chi connectivity index (χ0) is 16.5. The number of benzene rings is 1. The molecule has 120 valence electrons. The molecule has 1 aromatic carbocycles. The number of carboxylic acids is 1. The fraction of sp³-hybridized carbons (Fsp3) is 0.500. The lowest BCUT2D eigenvalue weighted by molar-refractivity contribution is -0.168. The summed E-state index contributed by atoms with van der Waals surface area (Å²) in [7, 11) is 0. The summed E-state index contributed by atoms with van der Waals surface area (Å²) in [6, 6.07) is 7.20. The zero-order valence-electron chi connectivity index (χ0n) is 12.9. The van der Waals surface area contributed by atoms with Crippen molar-refractivity contribution in [2.24, 2.45) is 0 Å². The van der Waals surface area contributed by atoms with E-state index in [1.165, 1.54) is 0 Å². The van der Waals surface area contributed by atoms with Crippen LogP contribution in [0.2, 0.25) is 5.02 Å². The van der Waals surface area contributed by atoms with Gasteiger partial charge in [-0.2, -0.15) is 0 Å². The predicted molar refractivity (Wildman–Crippen MR) is 83.0 cm³/mol. The average Bonchev–Trinajstić information content (AvgIpc) is 2.46. The summed E-state index contributed by atoms with van der Waals surface area (Å²) in [6.45, 7) is 5.78. The van der Waals surface area contributed by atoms with Crippen LogP contribution in [0.1, 0.15) is 26.3 Å². The van der Waals surface area contributed by atoms with Crippen LogP contribution in [0.15, 0.2) is 24.3 Å².